The van der Waals surface area contributed by atoms with E-state index >= 15 is 0 Å². The highest BCUT2D eigenvalue weighted by Gasteiger charge is 2.31. The minimum Gasteiger partial charge on any atom is -0.409 e. The predicted octanol–water partition coefficient (Wildman–Crippen LogP) is 0.121. The van der Waals surface area contributed by atoms with Crippen LogP contribution in [0.2, 0.25) is 0 Å². The highest BCUT2D eigenvalue weighted by molar-refractivity contribution is 5.94. The number of nitrogens with two attached hydrogens (primary N) is 1. The van der Waals surface area contributed by atoms with Gasteiger partial charge in [-0.25, -0.2) is 0 Å². The average Bonchev–Trinajstić information content (AvgIpc) is 2.87. The molecule has 1 amide bonds. The molecule has 7 heteroatoms. The van der Waals surface area contributed by atoms with Crippen LogP contribution in [0, 0.1) is 5.92 Å². The van der Waals surface area contributed by atoms with Crippen molar-refractivity contribution in [2.24, 2.45) is 16.8 Å². The summed E-state index contributed by atoms with van der Waals surface area (Å²) in [5.41, 5.74) is 6.06. The summed E-state index contributed by atoms with van der Waals surface area (Å²) >= 11 is 0. The molecule has 2 rings (SSSR count). The summed E-state index contributed by atoms with van der Waals surface area (Å²) in [7, 11) is 0. The zero-order valence-electron chi connectivity index (χ0n) is 9.78. The number of hydrogen-bond acceptors (Lipinski definition) is 5. The zero-order chi connectivity index (χ0) is 13.0. The van der Waals surface area contributed by atoms with Crippen molar-refractivity contribution in [1.29, 1.82) is 0 Å². The molecular formula is C11H15N5O2. The van der Waals surface area contributed by atoms with Crippen molar-refractivity contribution in [3.8, 4) is 0 Å². The molecule has 1 fully saturated rings. The number of hydrogen-bond donors (Lipinski definition) is 3. The van der Waals surface area contributed by atoms with E-state index in [0.717, 1.165) is 19.3 Å². The molecule has 0 aliphatic heterocycles. The largest absolute Gasteiger partial charge is 0.409 e. The molecule has 0 saturated heterocycles. The van der Waals surface area contributed by atoms with Gasteiger partial charge in [0.2, 0.25) is 0 Å². The van der Waals surface area contributed by atoms with E-state index in [1.807, 2.05) is 0 Å². The molecule has 96 valence electrons. The lowest BCUT2D eigenvalue weighted by Crippen LogP contribution is -2.42. The maximum Gasteiger partial charge on any atom is 0.253 e. The summed E-state index contributed by atoms with van der Waals surface area (Å²) in [6.45, 7) is 0. The van der Waals surface area contributed by atoms with Gasteiger partial charge in [-0.3, -0.25) is 4.79 Å². The monoisotopic (exact) mass is 249 g/mol. The normalized spacial score (nSPS) is 23.9. The van der Waals surface area contributed by atoms with Gasteiger partial charge in [-0.2, -0.15) is 10.2 Å². The van der Waals surface area contributed by atoms with E-state index in [1.165, 1.54) is 12.4 Å². The molecule has 18 heavy (non-hydrogen) atoms. The molecule has 1 heterocycles. The van der Waals surface area contributed by atoms with Gasteiger partial charge in [0.05, 0.1) is 18.0 Å². The van der Waals surface area contributed by atoms with E-state index in [2.05, 4.69) is 20.7 Å². The number of amides is 1. The number of amidine groups is 1. The highest BCUT2D eigenvalue weighted by atomic mass is 16.4. The van der Waals surface area contributed by atoms with Gasteiger partial charge >= 0.3 is 0 Å². The minimum atomic E-state index is -0.215. The van der Waals surface area contributed by atoms with Crippen molar-refractivity contribution in [2.45, 2.75) is 25.3 Å². The fraction of sp³-hybridized carbons (Fsp3) is 0.455. The molecule has 1 saturated carbocycles. The van der Waals surface area contributed by atoms with Gasteiger partial charge in [-0.05, 0) is 18.9 Å². The third kappa shape index (κ3) is 2.55. The van der Waals surface area contributed by atoms with Crippen molar-refractivity contribution in [3.63, 3.8) is 0 Å². The molecular weight excluding hydrogens is 234 g/mol. The van der Waals surface area contributed by atoms with Crippen LogP contribution in [-0.2, 0) is 0 Å². The third-order valence-corrected chi connectivity index (χ3v) is 3.17. The van der Waals surface area contributed by atoms with E-state index in [-0.39, 0.29) is 23.7 Å². The number of nitrogens with zero attached hydrogens (tertiary/aromatic N) is 3. The topological polar surface area (TPSA) is 113 Å². The first-order valence-electron chi connectivity index (χ1n) is 5.77. The maximum absolute atomic E-state index is 11.9. The fourth-order valence-electron chi connectivity index (χ4n) is 2.24. The van der Waals surface area contributed by atoms with Crippen molar-refractivity contribution in [2.75, 3.05) is 0 Å². The van der Waals surface area contributed by atoms with Crippen molar-refractivity contribution < 1.29 is 10.0 Å². The van der Waals surface area contributed by atoms with Crippen molar-refractivity contribution >= 4 is 11.7 Å². The molecule has 0 bridgehead atoms. The van der Waals surface area contributed by atoms with E-state index in [0.29, 0.717) is 5.56 Å². The average molecular weight is 249 g/mol. The van der Waals surface area contributed by atoms with Crippen LogP contribution in [0.15, 0.2) is 23.6 Å². The second-order valence-electron chi connectivity index (χ2n) is 4.27. The quantitative estimate of drug-likeness (QED) is 0.305. The van der Waals surface area contributed by atoms with E-state index in [4.69, 9.17) is 10.9 Å². The van der Waals surface area contributed by atoms with E-state index in [1.54, 1.807) is 6.07 Å². The molecule has 0 radical (unpaired) electrons. The molecule has 2 unspecified atom stereocenters. The maximum atomic E-state index is 11.9. The zero-order valence-corrected chi connectivity index (χ0v) is 9.78. The van der Waals surface area contributed by atoms with E-state index in [9.17, 15) is 4.79 Å². The van der Waals surface area contributed by atoms with Crippen LogP contribution in [0.3, 0.4) is 0 Å². The first-order valence-corrected chi connectivity index (χ1v) is 5.77. The Morgan fingerprint density at radius 3 is 3.00 bits per heavy atom. The molecule has 1 aliphatic carbocycles. The lowest BCUT2D eigenvalue weighted by atomic mass is 10.0. The number of nitrogens with one attached hydrogen (secondary N) is 1. The molecule has 1 aromatic rings. The highest BCUT2D eigenvalue weighted by Crippen LogP contribution is 2.26. The SMILES string of the molecule is N/C(=N/O)C1CCCC1NC(=O)c1ccnnc1. The van der Waals surface area contributed by atoms with Crippen LogP contribution in [-0.4, -0.2) is 33.2 Å². The van der Waals surface area contributed by atoms with Gasteiger partial charge in [0.25, 0.3) is 5.91 Å². The molecule has 1 aromatic heterocycles. The summed E-state index contributed by atoms with van der Waals surface area (Å²) in [4.78, 5) is 11.9. The van der Waals surface area contributed by atoms with Gasteiger partial charge in [0.15, 0.2) is 0 Å². The number of carbonyl (C=O) groups is 1. The van der Waals surface area contributed by atoms with Crippen molar-refractivity contribution in [1.82, 2.24) is 15.5 Å². The lowest BCUT2D eigenvalue weighted by Gasteiger charge is -2.19. The molecule has 0 aromatic carbocycles. The van der Waals surface area contributed by atoms with Crippen LogP contribution in [0.25, 0.3) is 0 Å². The molecule has 7 nitrogen and oxygen atoms in total. The molecule has 1 aliphatic rings. The van der Waals surface area contributed by atoms with Gasteiger partial charge < -0.3 is 16.3 Å². The second kappa shape index (κ2) is 5.44. The van der Waals surface area contributed by atoms with Gasteiger partial charge in [-0.15, -0.1) is 0 Å². The number of carbonyl (C=O) groups excluding carboxylic acids is 1. The summed E-state index contributed by atoms with van der Waals surface area (Å²) in [6, 6.07) is 1.50. The third-order valence-electron chi connectivity index (χ3n) is 3.17. The number of aromatic nitrogens is 2. The standard InChI is InChI=1S/C11H15N5O2/c12-10(16-18)8-2-1-3-9(8)15-11(17)7-4-5-13-14-6-7/h4-6,8-9,18H,1-3H2,(H2,12,16)(H,15,17). The summed E-state index contributed by atoms with van der Waals surface area (Å²) in [5.74, 6) is -0.146. The smallest absolute Gasteiger partial charge is 0.253 e. The van der Waals surface area contributed by atoms with Gasteiger partial charge in [0.1, 0.15) is 5.84 Å². The Balaban J connectivity index is 2.03. The summed E-state index contributed by atoms with van der Waals surface area (Å²) in [6.07, 6.45) is 5.45. The van der Waals surface area contributed by atoms with Crippen molar-refractivity contribution in [3.05, 3.63) is 24.0 Å². The molecule has 4 N–H and O–H groups in total. The van der Waals surface area contributed by atoms with E-state index < -0.39 is 0 Å². The number of oxime groups is 1. The summed E-state index contributed by atoms with van der Waals surface area (Å²) in [5, 5.41) is 21.9. The Bertz CT molecular complexity index is 448. The Morgan fingerprint density at radius 1 is 1.50 bits per heavy atom. The Labute approximate surface area is 104 Å². The predicted molar refractivity (Wildman–Crippen MR) is 64.0 cm³/mol. The van der Waals surface area contributed by atoms with Crippen LogP contribution in [0.1, 0.15) is 29.6 Å². The Morgan fingerprint density at radius 2 is 2.33 bits per heavy atom. The van der Waals surface area contributed by atoms with Gasteiger partial charge in [0, 0.05) is 12.0 Å². The first kappa shape index (κ1) is 12.3. The Kier molecular flexibility index (Phi) is 3.71. The minimum absolute atomic E-state index is 0.0958. The van der Waals surface area contributed by atoms with Crippen LogP contribution in [0.5, 0.6) is 0 Å². The van der Waals surface area contributed by atoms with Crippen LogP contribution in [0.4, 0.5) is 0 Å². The molecule has 0 spiro atoms. The Hall–Kier alpha value is -2.18. The summed E-state index contributed by atoms with van der Waals surface area (Å²) < 4.78 is 0. The van der Waals surface area contributed by atoms with Crippen LogP contribution >= 0.6 is 0 Å². The van der Waals surface area contributed by atoms with Crippen LogP contribution < -0.4 is 11.1 Å². The molecule has 2 atom stereocenters. The van der Waals surface area contributed by atoms with Gasteiger partial charge in [-0.1, -0.05) is 11.6 Å². The second-order valence-corrected chi connectivity index (χ2v) is 4.27. The first-order chi connectivity index (χ1) is 8.72. The number of rotatable bonds is 3. The lowest BCUT2D eigenvalue weighted by molar-refractivity contribution is 0.0932. The fourth-order valence-corrected chi connectivity index (χ4v) is 2.24.